The fourth-order valence-corrected chi connectivity index (χ4v) is 2.36. The summed E-state index contributed by atoms with van der Waals surface area (Å²) in [5, 5.41) is 3.12. The van der Waals surface area contributed by atoms with Crippen LogP contribution in [0.15, 0.2) is 11.8 Å². The molecule has 0 fully saturated rings. The van der Waals surface area contributed by atoms with Crippen LogP contribution in [0.25, 0.3) is 0 Å². The number of nitrogens with one attached hydrogen (secondary N) is 1. The smallest absolute Gasteiger partial charge is 0.240 e. The van der Waals surface area contributed by atoms with E-state index in [2.05, 4.69) is 23.2 Å². The van der Waals surface area contributed by atoms with Gasteiger partial charge in [0.25, 0.3) is 0 Å². The number of hydrogen-bond acceptors (Lipinski definition) is 3. The summed E-state index contributed by atoms with van der Waals surface area (Å²) in [5.74, 6) is 0.234. The van der Waals surface area contributed by atoms with Gasteiger partial charge in [0.15, 0.2) is 0 Å². The molecule has 1 aliphatic rings. The first-order chi connectivity index (χ1) is 8.69. The van der Waals surface area contributed by atoms with Crippen LogP contribution in [-0.4, -0.2) is 56.0 Å². The molecular weight excluding hydrogens is 226 g/mol. The van der Waals surface area contributed by atoms with E-state index >= 15 is 0 Å². The highest BCUT2D eigenvalue weighted by Gasteiger charge is 2.19. The van der Waals surface area contributed by atoms with Crippen molar-refractivity contribution in [3.63, 3.8) is 0 Å². The maximum absolute atomic E-state index is 12.2. The van der Waals surface area contributed by atoms with Gasteiger partial charge in [0.05, 0.1) is 6.54 Å². The van der Waals surface area contributed by atoms with E-state index in [9.17, 15) is 4.79 Å². The van der Waals surface area contributed by atoms with Crippen molar-refractivity contribution in [3.05, 3.63) is 11.8 Å². The Bertz CT molecular complexity index is 289. The van der Waals surface area contributed by atoms with Gasteiger partial charge >= 0.3 is 0 Å². The van der Waals surface area contributed by atoms with Crippen LogP contribution in [0.2, 0.25) is 0 Å². The number of carbonyl (C=O) groups excluding carboxylic acids is 1. The second-order valence-electron chi connectivity index (χ2n) is 4.92. The lowest BCUT2D eigenvalue weighted by molar-refractivity contribution is -0.130. The van der Waals surface area contributed by atoms with Gasteiger partial charge in [0.1, 0.15) is 0 Å². The third kappa shape index (κ3) is 4.78. The van der Waals surface area contributed by atoms with Crippen LogP contribution in [0.4, 0.5) is 0 Å². The molecule has 4 nitrogen and oxygen atoms in total. The number of rotatable bonds is 8. The summed E-state index contributed by atoms with van der Waals surface area (Å²) in [5.41, 5.74) is 1.23. The van der Waals surface area contributed by atoms with Crippen LogP contribution in [0, 0.1) is 0 Å². The van der Waals surface area contributed by atoms with Gasteiger partial charge in [-0.05, 0) is 59.8 Å². The average Bonchev–Trinajstić information content (AvgIpc) is 2.84. The van der Waals surface area contributed by atoms with Gasteiger partial charge in [-0.1, -0.05) is 6.08 Å². The Morgan fingerprint density at radius 3 is 2.83 bits per heavy atom. The third-order valence-electron chi connectivity index (χ3n) is 3.35. The quantitative estimate of drug-likeness (QED) is 0.665. The molecule has 0 atom stereocenters. The summed E-state index contributed by atoms with van der Waals surface area (Å²) >= 11 is 0. The first kappa shape index (κ1) is 15.2. The summed E-state index contributed by atoms with van der Waals surface area (Å²) < 4.78 is 0. The summed E-state index contributed by atoms with van der Waals surface area (Å²) in [7, 11) is 3.97. The molecule has 0 unspecified atom stereocenters. The predicted molar refractivity (Wildman–Crippen MR) is 75.4 cm³/mol. The minimum Gasteiger partial charge on any atom is -0.320 e. The predicted octanol–water partition coefficient (Wildman–Crippen LogP) is 1.44. The first-order valence-corrected chi connectivity index (χ1v) is 7.01. The molecule has 0 aromatic carbocycles. The molecule has 0 heterocycles. The van der Waals surface area contributed by atoms with Crippen LogP contribution in [0.1, 0.15) is 32.6 Å². The molecule has 0 aliphatic heterocycles. The Balaban J connectivity index is 2.37. The van der Waals surface area contributed by atoms with Crippen molar-refractivity contribution in [2.24, 2.45) is 0 Å². The van der Waals surface area contributed by atoms with Gasteiger partial charge in [0.2, 0.25) is 5.91 Å². The minimum absolute atomic E-state index is 0.234. The number of amides is 1. The molecule has 0 bridgehead atoms. The number of allylic oxidation sites excluding steroid dienone is 2. The molecule has 0 saturated carbocycles. The Hall–Kier alpha value is -0.870. The molecule has 0 radical (unpaired) electrons. The van der Waals surface area contributed by atoms with Crippen LogP contribution in [0.5, 0.6) is 0 Å². The van der Waals surface area contributed by atoms with E-state index < -0.39 is 0 Å². The standard InChI is InChI=1S/C14H27N3O/c1-4-17(13-8-5-6-9-13)14(18)12-16(3)11-7-10-15-2/h8,15H,4-7,9-12H2,1-3H3. The van der Waals surface area contributed by atoms with Crippen LogP contribution in [0.3, 0.4) is 0 Å². The molecule has 0 aromatic rings. The van der Waals surface area contributed by atoms with E-state index in [-0.39, 0.29) is 5.91 Å². The van der Waals surface area contributed by atoms with Gasteiger partial charge in [-0.2, -0.15) is 0 Å². The number of nitrogens with zero attached hydrogens (tertiary/aromatic N) is 2. The summed E-state index contributed by atoms with van der Waals surface area (Å²) in [6.07, 6.45) is 6.66. The second-order valence-corrected chi connectivity index (χ2v) is 4.92. The lowest BCUT2D eigenvalue weighted by atomic mass is 10.3. The third-order valence-corrected chi connectivity index (χ3v) is 3.35. The lowest BCUT2D eigenvalue weighted by Gasteiger charge is -2.25. The van der Waals surface area contributed by atoms with E-state index in [1.165, 1.54) is 12.1 Å². The highest BCUT2D eigenvalue weighted by atomic mass is 16.2. The topological polar surface area (TPSA) is 35.6 Å². The molecular formula is C14H27N3O. The summed E-state index contributed by atoms with van der Waals surface area (Å²) in [4.78, 5) is 16.3. The van der Waals surface area contributed by atoms with Crippen molar-refractivity contribution in [3.8, 4) is 0 Å². The minimum atomic E-state index is 0.234. The average molecular weight is 253 g/mol. The van der Waals surface area contributed by atoms with Crippen molar-refractivity contribution in [1.29, 1.82) is 0 Å². The van der Waals surface area contributed by atoms with Crippen molar-refractivity contribution in [2.45, 2.75) is 32.6 Å². The van der Waals surface area contributed by atoms with Crippen molar-refractivity contribution in [2.75, 3.05) is 40.3 Å². The number of carbonyl (C=O) groups is 1. The molecule has 0 saturated heterocycles. The number of hydrogen-bond donors (Lipinski definition) is 1. The van der Waals surface area contributed by atoms with Gasteiger partial charge in [-0.15, -0.1) is 0 Å². The fraction of sp³-hybridized carbons (Fsp3) is 0.786. The highest BCUT2D eigenvalue weighted by molar-refractivity contribution is 5.80. The van der Waals surface area contributed by atoms with E-state index in [0.717, 1.165) is 38.9 Å². The zero-order valence-corrected chi connectivity index (χ0v) is 12.0. The lowest BCUT2D eigenvalue weighted by Crippen LogP contribution is -2.38. The normalized spacial score (nSPS) is 15.0. The van der Waals surface area contributed by atoms with E-state index in [1.54, 1.807) is 0 Å². The van der Waals surface area contributed by atoms with Crippen molar-refractivity contribution < 1.29 is 4.79 Å². The van der Waals surface area contributed by atoms with E-state index in [0.29, 0.717) is 6.54 Å². The molecule has 18 heavy (non-hydrogen) atoms. The Morgan fingerprint density at radius 1 is 1.50 bits per heavy atom. The molecule has 1 amide bonds. The molecule has 104 valence electrons. The van der Waals surface area contributed by atoms with E-state index in [1.807, 2.05) is 19.0 Å². The van der Waals surface area contributed by atoms with Gasteiger partial charge in [0, 0.05) is 12.2 Å². The zero-order chi connectivity index (χ0) is 13.4. The maximum atomic E-state index is 12.2. The Morgan fingerprint density at radius 2 is 2.28 bits per heavy atom. The molecule has 1 N–H and O–H groups in total. The Kier molecular flexibility index (Phi) is 6.98. The molecule has 4 heteroatoms. The van der Waals surface area contributed by atoms with Crippen molar-refractivity contribution in [1.82, 2.24) is 15.1 Å². The summed E-state index contributed by atoms with van der Waals surface area (Å²) in [6.45, 7) is 5.33. The molecule has 1 rings (SSSR count). The Labute approximate surface area is 111 Å². The van der Waals surface area contributed by atoms with Crippen LogP contribution >= 0.6 is 0 Å². The summed E-state index contributed by atoms with van der Waals surface area (Å²) in [6, 6.07) is 0. The van der Waals surface area contributed by atoms with Gasteiger partial charge < -0.3 is 10.2 Å². The van der Waals surface area contributed by atoms with Crippen molar-refractivity contribution >= 4 is 5.91 Å². The molecule has 0 spiro atoms. The highest BCUT2D eigenvalue weighted by Crippen LogP contribution is 2.21. The van der Waals surface area contributed by atoms with Gasteiger partial charge in [-0.25, -0.2) is 0 Å². The molecule has 1 aliphatic carbocycles. The van der Waals surface area contributed by atoms with Crippen LogP contribution < -0.4 is 5.32 Å². The first-order valence-electron chi connectivity index (χ1n) is 7.01. The number of likely N-dealkylation sites (N-methyl/N-ethyl adjacent to an activating group) is 2. The molecule has 0 aromatic heterocycles. The SMILES string of the molecule is CCN(C(=O)CN(C)CCCNC)C1=CCCC1. The zero-order valence-electron chi connectivity index (χ0n) is 12.0. The monoisotopic (exact) mass is 253 g/mol. The fourth-order valence-electron chi connectivity index (χ4n) is 2.36. The van der Waals surface area contributed by atoms with E-state index in [4.69, 9.17) is 0 Å². The maximum Gasteiger partial charge on any atom is 0.240 e. The largest absolute Gasteiger partial charge is 0.320 e. The van der Waals surface area contributed by atoms with Gasteiger partial charge in [-0.3, -0.25) is 9.69 Å². The second kappa shape index (κ2) is 8.27. The van der Waals surface area contributed by atoms with Crippen LogP contribution in [-0.2, 0) is 4.79 Å².